The van der Waals surface area contributed by atoms with E-state index in [1.165, 1.54) is 0 Å². The third-order valence-electron chi connectivity index (χ3n) is 4.38. The minimum Gasteiger partial charge on any atom is -0.378 e. The third-order valence-corrected chi connectivity index (χ3v) is 4.62. The van der Waals surface area contributed by atoms with Gasteiger partial charge in [-0.05, 0) is 56.3 Å². The molecule has 0 radical (unpaired) electrons. The molecule has 0 atom stereocenters. The zero-order valence-electron chi connectivity index (χ0n) is 15.6. The summed E-state index contributed by atoms with van der Waals surface area (Å²) in [4.78, 5) is 16.9. The predicted octanol–water partition coefficient (Wildman–Crippen LogP) is 3.42. The summed E-state index contributed by atoms with van der Waals surface area (Å²) in [7, 11) is 0. The molecular weight excluding hydrogens is 360 g/mol. The van der Waals surface area contributed by atoms with E-state index in [2.05, 4.69) is 16.7 Å². The Bertz CT molecular complexity index is 868. The van der Waals surface area contributed by atoms with Gasteiger partial charge in [0.15, 0.2) is 0 Å². The predicted molar refractivity (Wildman–Crippen MR) is 109 cm³/mol. The first-order chi connectivity index (χ1) is 12.8. The fourth-order valence-corrected chi connectivity index (χ4v) is 3.13. The van der Waals surface area contributed by atoms with E-state index >= 15 is 0 Å². The van der Waals surface area contributed by atoms with Crippen molar-refractivity contribution in [3.05, 3.63) is 64.7 Å². The maximum absolute atomic E-state index is 12.7. The minimum absolute atomic E-state index is 0.0303. The maximum atomic E-state index is 12.7. The smallest absolute Gasteiger partial charge is 0.253 e. The lowest BCUT2D eigenvalue weighted by Crippen LogP contribution is -2.48. The SMILES string of the molecule is CC(C)(O)C#Cc1ccc(C(=O)N2CCN(c3cccc(Cl)c3)CC2)cc1. The molecule has 5 heteroatoms. The highest BCUT2D eigenvalue weighted by Gasteiger charge is 2.22. The Morgan fingerprint density at radius 3 is 2.33 bits per heavy atom. The Kier molecular flexibility index (Phi) is 5.74. The van der Waals surface area contributed by atoms with Gasteiger partial charge < -0.3 is 14.9 Å². The number of piperazine rings is 1. The first kappa shape index (κ1) is 19.3. The number of nitrogens with zero attached hydrogens (tertiary/aromatic N) is 2. The average molecular weight is 383 g/mol. The van der Waals surface area contributed by atoms with E-state index in [1.807, 2.05) is 41.3 Å². The molecule has 2 aromatic rings. The first-order valence-corrected chi connectivity index (χ1v) is 9.35. The van der Waals surface area contributed by atoms with Crippen LogP contribution in [0.3, 0.4) is 0 Å². The summed E-state index contributed by atoms with van der Waals surface area (Å²) in [6.45, 7) is 6.18. The fourth-order valence-electron chi connectivity index (χ4n) is 2.94. The van der Waals surface area contributed by atoms with Crippen molar-refractivity contribution in [1.29, 1.82) is 0 Å². The van der Waals surface area contributed by atoms with Crippen molar-refractivity contribution in [3.8, 4) is 11.8 Å². The molecule has 0 unspecified atom stereocenters. The zero-order valence-corrected chi connectivity index (χ0v) is 16.3. The van der Waals surface area contributed by atoms with Crippen LogP contribution in [0.5, 0.6) is 0 Å². The average Bonchev–Trinajstić information content (AvgIpc) is 2.66. The van der Waals surface area contributed by atoms with Gasteiger partial charge in [-0.15, -0.1) is 0 Å². The highest BCUT2D eigenvalue weighted by atomic mass is 35.5. The summed E-state index contributed by atoms with van der Waals surface area (Å²) in [5, 5.41) is 10.4. The van der Waals surface area contributed by atoms with E-state index in [0.29, 0.717) is 18.7 Å². The largest absolute Gasteiger partial charge is 0.378 e. The van der Waals surface area contributed by atoms with Crippen LogP contribution in [0.2, 0.25) is 5.02 Å². The van der Waals surface area contributed by atoms with Crippen molar-refractivity contribution >= 4 is 23.2 Å². The molecule has 0 spiro atoms. The van der Waals surface area contributed by atoms with Crippen LogP contribution >= 0.6 is 11.6 Å². The molecule has 1 aliphatic heterocycles. The van der Waals surface area contributed by atoms with Crippen LogP contribution < -0.4 is 4.90 Å². The highest BCUT2D eigenvalue weighted by Crippen LogP contribution is 2.21. The topological polar surface area (TPSA) is 43.8 Å². The van der Waals surface area contributed by atoms with E-state index in [1.54, 1.807) is 26.0 Å². The van der Waals surface area contributed by atoms with Crippen molar-refractivity contribution in [2.45, 2.75) is 19.4 Å². The molecule has 0 aromatic heterocycles. The van der Waals surface area contributed by atoms with Crippen molar-refractivity contribution < 1.29 is 9.90 Å². The molecule has 0 bridgehead atoms. The van der Waals surface area contributed by atoms with Crippen molar-refractivity contribution in [2.24, 2.45) is 0 Å². The van der Waals surface area contributed by atoms with Crippen LogP contribution in [0.15, 0.2) is 48.5 Å². The Morgan fingerprint density at radius 2 is 1.74 bits per heavy atom. The van der Waals surface area contributed by atoms with E-state index in [4.69, 9.17) is 11.6 Å². The fraction of sp³-hybridized carbons (Fsp3) is 0.318. The quantitative estimate of drug-likeness (QED) is 0.809. The van der Waals surface area contributed by atoms with Gasteiger partial charge in [-0.3, -0.25) is 4.79 Å². The molecule has 3 rings (SSSR count). The Balaban J connectivity index is 1.61. The normalized spacial score (nSPS) is 14.5. The monoisotopic (exact) mass is 382 g/mol. The van der Waals surface area contributed by atoms with Gasteiger partial charge in [0.25, 0.3) is 5.91 Å². The van der Waals surface area contributed by atoms with E-state index in [-0.39, 0.29) is 5.91 Å². The second-order valence-corrected chi connectivity index (χ2v) is 7.58. The van der Waals surface area contributed by atoms with Gasteiger partial charge in [0, 0.05) is 48.0 Å². The summed E-state index contributed by atoms with van der Waals surface area (Å²) in [5.74, 6) is 5.72. The standard InChI is InChI=1S/C22H23ClN2O2/c1-22(2,27)11-10-17-6-8-18(9-7-17)21(26)25-14-12-24(13-15-25)20-5-3-4-19(23)16-20/h3-9,16,27H,12-15H2,1-2H3. The molecule has 1 aliphatic rings. The maximum Gasteiger partial charge on any atom is 0.253 e. The second kappa shape index (κ2) is 8.04. The molecule has 4 nitrogen and oxygen atoms in total. The number of anilines is 1. The molecule has 1 fully saturated rings. The van der Waals surface area contributed by atoms with Crippen LogP contribution in [-0.2, 0) is 0 Å². The van der Waals surface area contributed by atoms with Crippen LogP contribution in [0, 0.1) is 11.8 Å². The summed E-state index contributed by atoms with van der Waals surface area (Å²) in [6, 6.07) is 15.0. The van der Waals surface area contributed by atoms with Gasteiger partial charge in [-0.25, -0.2) is 0 Å². The van der Waals surface area contributed by atoms with Gasteiger partial charge in [-0.1, -0.05) is 29.5 Å². The van der Waals surface area contributed by atoms with Gasteiger partial charge in [-0.2, -0.15) is 0 Å². The van der Waals surface area contributed by atoms with Crippen LogP contribution in [-0.4, -0.2) is 47.7 Å². The number of benzene rings is 2. The highest BCUT2D eigenvalue weighted by molar-refractivity contribution is 6.30. The van der Waals surface area contributed by atoms with Gasteiger partial charge in [0.05, 0.1) is 0 Å². The number of aliphatic hydroxyl groups is 1. The summed E-state index contributed by atoms with van der Waals surface area (Å²) >= 11 is 6.07. The van der Waals surface area contributed by atoms with Gasteiger partial charge in [0.1, 0.15) is 5.60 Å². The zero-order chi connectivity index (χ0) is 19.4. The number of carbonyl (C=O) groups is 1. The lowest BCUT2D eigenvalue weighted by Gasteiger charge is -2.36. The number of hydrogen-bond acceptors (Lipinski definition) is 3. The van der Waals surface area contributed by atoms with E-state index in [9.17, 15) is 9.90 Å². The van der Waals surface area contributed by atoms with Crippen LogP contribution in [0.4, 0.5) is 5.69 Å². The first-order valence-electron chi connectivity index (χ1n) is 8.97. The summed E-state index contributed by atoms with van der Waals surface area (Å²) < 4.78 is 0. The molecule has 0 aliphatic carbocycles. The number of carbonyl (C=O) groups excluding carboxylic acids is 1. The van der Waals surface area contributed by atoms with E-state index < -0.39 is 5.60 Å². The van der Waals surface area contributed by atoms with E-state index in [0.717, 1.165) is 29.4 Å². The molecule has 0 saturated carbocycles. The Hall–Kier alpha value is -2.48. The third kappa shape index (κ3) is 5.26. The lowest BCUT2D eigenvalue weighted by molar-refractivity contribution is 0.0746. The lowest BCUT2D eigenvalue weighted by atomic mass is 10.1. The summed E-state index contributed by atoms with van der Waals surface area (Å²) in [5.41, 5.74) is 1.49. The molecule has 1 saturated heterocycles. The number of amides is 1. The number of halogens is 1. The van der Waals surface area contributed by atoms with Crippen LogP contribution in [0.1, 0.15) is 29.8 Å². The molecule has 1 heterocycles. The van der Waals surface area contributed by atoms with Crippen molar-refractivity contribution in [3.63, 3.8) is 0 Å². The molecule has 1 N–H and O–H groups in total. The second-order valence-electron chi connectivity index (χ2n) is 7.15. The molecule has 2 aromatic carbocycles. The number of rotatable bonds is 2. The van der Waals surface area contributed by atoms with Gasteiger partial charge >= 0.3 is 0 Å². The molecule has 27 heavy (non-hydrogen) atoms. The van der Waals surface area contributed by atoms with Crippen molar-refractivity contribution in [1.82, 2.24) is 4.90 Å². The Labute approximate surface area is 165 Å². The minimum atomic E-state index is -1.03. The van der Waals surface area contributed by atoms with Gasteiger partial charge in [0.2, 0.25) is 0 Å². The van der Waals surface area contributed by atoms with Crippen molar-refractivity contribution in [2.75, 3.05) is 31.1 Å². The molecular formula is C22H23ClN2O2. The van der Waals surface area contributed by atoms with Crippen LogP contribution in [0.25, 0.3) is 0 Å². The summed E-state index contributed by atoms with van der Waals surface area (Å²) in [6.07, 6.45) is 0. The molecule has 1 amide bonds. The Morgan fingerprint density at radius 1 is 1.07 bits per heavy atom. The number of hydrogen-bond donors (Lipinski definition) is 1. The molecule has 140 valence electrons.